The third-order valence-electron chi connectivity index (χ3n) is 3.84. The summed E-state index contributed by atoms with van der Waals surface area (Å²) in [5, 5.41) is 13.4. The van der Waals surface area contributed by atoms with Gasteiger partial charge in [0.1, 0.15) is 6.54 Å². The summed E-state index contributed by atoms with van der Waals surface area (Å²) < 4.78 is 0.831. The highest BCUT2D eigenvalue weighted by molar-refractivity contribution is 9.10. The van der Waals surface area contributed by atoms with Crippen molar-refractivity contribution in [2.45, 2.75) is 32.7 Å². The maximum atomic E-state index is 12.7. The number of nitrogens with zero attached hydrogens (tertiary/aromatic N) is 3. The summed E-state index contributed by atoms with van der Waals surface area (Å²) in [7, 11) is 0. The quantitative estimate of drug-likeness (QED) is 0.810. The molecule has 0 radical (unpaired) electrons. The molecule has 1 aliphatic heterocycles. The number of benzene rings is 1. The molecule has 0 unspecified atom stereocenters. The van der Waals surface area contributed by atoms with Crippen molar-refractivity contribution in [1.82, 2.24) is 9.91 Å². The van der Waals surface area contributed by atoms with Gasteiger partial charge >= 0.3 is 6.09 Å². The Kier molecular flexibility index (Phi) is 5.65. The van der Waals surface area contributed by atoms with Crippen LogP contribution in [-0.4, -0.2) is 52.2 Å². The summed E-state index contributed by atoms with van der Waals surface area (Å²) in [6, 6.07) is 5.39. The van der Waals surface area contributed by atoms with Crippen LogP contribution in [0.1, 0.15) is 27.2 Å². The molecule has 2 rings (SSSR count). The Bertz CT molecular complexity index is 648. The number of hydrogen-bond donors (Lipinski definition) is 1. The van der Waals surface area contributed by atoms with Crippen LogP contribution >= 0.6 is 27.5 Å². The second-order valence-corrected chi connectivity index (χ2v) is 7.92. The molecule has 1 heterocycles. The van der Waals surface area contributed by atoms with E-state index in [0.29, 0.717) is 18.1 Å². The summed E-state index contributed by atoms with van der Waals surface area (Å²) >= 11 is 9.55. The second-order valence-electron chi connectivity index (χ2n) is 6.63. The average molecular weight is 419 g/mol. The number of carbonyl (C=O) groups is 2. The van der Waals surface area contributed by atoms with E-state index in [0.717, 1.165) is 21.5 Å². The molecule has 0 aliphatic carbocycles. The maximum absolute atomic E-state index is 12.7. The van der Waals surface area contributed by atoms with Gasteiger partial charge in [-0.2, -0.15) is 0 Å². The van der Waals surface area contributed by atoms with Crippen LogP contribution in [0, 0.1) is 0 Å². The number of halogens is 2. The van der Waals surface area contributed by atoms with Gasteiger partial charge in [0, 0.05) is 28.1 Å². The van der Waals surface area contributed by atoms with Crippen molar-refractivity contribution in [2.75, 3.05) is 24.6 Å². The predicted molar refractivity (Wildman–Crippen MR) is 97.3 cm³/mol. The van der Waals surface area contributed by atoms with Gasteiger partial charge in [0.05, 0.1) is 5.69 Å². The Labute approximate surface area is 155 Å². The van der Waals surface area contributed by atoms with E-state index in [1.54, 1.807) is 37.9 Å². The molecule has 6 nitrogen and oxygen atoms in total. The molecule has 2 amide bonds. The van der Waals surface area contributed by atoms with Crippen molar-refractivity contribution in [3.05, 3.63) is 27.7 Å². The molecule has 1 aliphatic rings. The Morgan fingerprint density at radius 1 is 1.33 bits per heavy atom. The Morgan fingerprint density at radius 3 is 2.58 bits per heavy atom. The molecule has 8 heteroatoms. The van der Waals surface area contributed by atoms with Gasteiger partial charge in [-0.1, -0.05) is 11.6 Å². The average Bonchev–Trinajstić information content (AvgIpc) is 2.94. The number of hydrazine groups is 1. The lowest BCUT2D eigenvalue weighted by molar-refractivity contribution is -0.132. The summed E-state index contributed by atoms with van der Waals surface area (Å²) in [6.07, 6.45) is -0.293. The molecule has 0 bridgehead atoms. The van der Waals surface area contributed by atoms with E-state index < -0.39 is 11.6 Å². The van der Waals surface area contributed by atoms with E-state index in [4.69, 9.17) is 11.6 Å². The third-order valence-corrected chi connectivity index (χ3v) is 4.75. The lowest BCUT2D eigenvalue weighted by Gasteiger charge is -2.36. The van der Waals surface area contributed by atoms with Crippen LogP contribution in [0.4, 0.5) is 10.5 Å². The predicted octanol–water partition coefficient (Wildman–Crippen LogP) is 3.83. The monoisotopic (exact) mass is 417 g/mol. The fraction of sp³-hybridized carbons (Fsp3) is 0.500. The van der Waals surface area contributed by atoms with Gasteiger partial charge in [0.15, 0.2) is 0 Å². The van der Waals surface area contributed by atoms with Gasteiger partial charge in [0.25, 0.3) is 5.91 Å². The normalized spacial score (nSPS) is 14.9. The van der Waals surface area contributed by atoms with Crippen molar-refractivity contribution >= 4 is 45.2 Å². The van der Waals surface area contributed by atoms with Gasteiger partial charge in [-0.15, -0.1) is 0 Å². The van der Waals surface area contributed by atoms with Crippen LogP contribution in [0.2, 0.25) is 5.02 Å². The van der Waals surface area contributed by atoms with Gasteiger partial charge in [-0.25, -0.2) is 4.79 Å². The van der Waals surface area contributed by atoms with Crippen molar-refractivity contribution in [3.63, 3.8) is 0 Å². The molecule has 0 atom stereocenters. The van der Waals surface area contributed by atoms with Crippen LogP contribution < -0.4 is 5.01 Å². The fourth-order valence-electron chi connectivity index (χ4n) is 2.61. The molecule has 132 valence electrons. The van der Waals surface area contributed by atoms with Crippen LogP contribution in [0.15, 0.2) is 22.7 Å². The zero-order chi connectivity index (χ0) is 18.1. The van der Waals surface area contributed by atoms with Crippen LogP contribution in [-0.2, 0) is 4.79 Å². The highest BCUT2D eigenvalue weighted by Gasteiger charge is 2.34. The van der Waals surface area contributed by atoms with E-state index >= 15 is 0 Å². The fourth-order valence-corrected chi connectivity index (χ4v) is 3.23. The summed E-state index contributed by atoms with van der Waals surface area (Å²) in [5.41, 5.74) is 0.147. The van der Waals surface area contributed by atoms with Crippen molar-refractivity contribution in [2.24, 2.45) is 0 Å². The molecule has 1 aromatic carbocycles. The summed E-state index contributed by atoms with van der Waals surface area (Å²) in [6.45, 7) is 6.34. The first-order valence-electron chi connectivity index (χ1n) is 7.64. The number of hydrogen-bond acceptors (Lipinski definition) is 3. The van der Waals surface area contributed by atoms with Gasteiger partial charge in [-0.05, 0) is 61.3 Å². The minimum Gasteiger partial charge on any atom is -0.465 e. The molecule has 1 N–H and O–H groups in total. The number of rotatable bonds is 3. The molecule has 0 saturated carbocycles. The maximum Gasteiger partial charge on any atom is 0.408 e. The van der Waals surface area contributed by atoms with Crippen molar-refractivity contribution < 1.29 is 14.7 Å². The number of anilines is 1. The molecule has 0 aromatic heterocycles. The van der Waals surface area contributed by atoms with E-state index in [9.17, 15) is 14.7 Å². The largest absolute Gasteiger partial charge is 0.465 e. The number of carbonyl (C=O) groups excluding carboxylic acids is 1. The van der Waals surface area contributed by atoms with E-state index in [1.807, 2.05) is 11.1 Å². The summed E-state index contributed by atoms with van der Waals surface area (Å²) in [4.78, 5) is 25.3. The van der Waals surface area contributed by atoms with Gasteiger partial charge < -0.3 is 5.11 Å². The first-order chi connectivity index (χ1) is 11.1. The minimum atomic E-state index is -1.11. The second kappa shape index (κ2) is 7.19. The highest BCUT2D eigenvalue weighted by Crippen LogP contribution is 2.32. The number of amides is 2. The van der Waals surface area contributed by atoms with Gasteiger partial charge in [0.2, 0.25) is 0 Å². The lowest BCUT2D eigenvalue weighted by atomic mass is 10.1. The minimum absolute atomic E-state index is 0.187. The van der Waals surface area contributed by atoms with E-state index in [1.165, 1.54) is 0 Å². The molecule has 0 spiro atoms. The Morgan fingerprint density at radius 2 is 2.00 bits per heavy atom. The molecular weight excluding hydrogens is 398 g/mol. The molecule has 1 fully saturated rings. The first-order valence-corrected chi connectivity index (χ1v) is 8.82. The highest BCUT2D eigenvalue weighted by atomic mass is 79.9. The Balaban J connectivity index is 2.22. The van der Waals surface area contributed by atoms with Crippen molar-refractivity contribution in [1.29, 1.82) is 0 Å². The van der Waals surface area contributed by atoms with Crippen LogP contribution in [0.5, 0.6) is 0 Å². The topological polar surface area (TPSA) is 64.1 Å². The Hall–Kier alpha value is -1.47. The molecule has 24 heavy (non-hydrogen) atoms. The van der Waals surface area contributed by atoms with Crippen molar-refractivity contribution in [3.8, 4) is 0 Å². The number of carboxylic acid groups (broad SMARTS) is 1. The van der Waals surface area contributed by atoms with E-state index in [2.05, 4.69) is 15.9 Å². The smallest absolute Gasteiger partial charge is 0.408 e. The first kappa shape index (κ1) is 18.9. The summed E-state index contributed by atoms with van der Waals surface area (Å²) in [5.74, 6) is -0.253. The lowest BCUT2D eigenvalue weighted by Crippen LogP contribution is -2.52. The zero-order valence-corrected chi connectivity index (χ0v) is 16.3. The SMILES string of the molecule is CC(C)(C)N(CC(=O)N1CCCN1c1cc(Cl)ccc1Br)C(=O)O. The standard InChI is InChI=1S/C16H21BrClN3O3/c1-16(2,3)19(15(23)24)10-14(22)21-8-4-7-20(21)13-9-11(18)5-6-12(13)17/h5-6,9H,4,7-8,10H2,1-3H3,(H,23,24). The van der Waals surface area contributed by atoms with E-state index in [-0.39, 0.29) is 12.5 Å². The molecular formula is C16H21BrClN3O3. The molecule has 1 aromatic rings. The van der Waals surface area contributed by atoms with Crippen LogP contribution in [0.3, 0.4) is 0 Å². The van der Waals surface area contributed by atoms with Crippen LogP contribution in [0.25, 0.3) is 0 Å². The zero-order valence-electron chi connectivity index (χ0n) is 13.9. The molecule has 1 saturated heterocycles. The van der Waals surface area contributed by atoms with Gasteiger partial charge in [-0.3, -0.25) is 19.7 Å². The third kappa shape index (κ3) is 4.13.